The molecule has 1 heterocycles. The first-order valence-corrected chi connectivity index (χ1v) is 6.95. The average molecular weight is 326 g/mol. The van der Waals surface area contributed by atoms with Crippen molar-refractivity contribution in [1.82, 2.24) is 4.57 Å². The van der Waals surface area contributed by atoms with Crippen molar-refractivity contribution in [3.05, 3.63) is 67.0 Å². The van der Waals surface area contributed by atoms with Crippen LogP contribution >= 0.6 is 23.2 Å². The molecule has 1 N–H and O–H groups in total. The van der Waals surface area contributed by atoms with Crippen molar-refractivity contribution in [2.24, 2.45) is 0 Å². The Morgan fingerprint density at radius 1 is 1.19 bits per heavy atom. The molecule has 2 rings (SSSR count). The number of hydrogen-bond acceptors (Lipinski definition) is 2. The van der Waals surface area contributed by atoms with Crippen LogP contribution < -0.4 is 5.56 Å². The SMILES string of the molecule is Cc1cc(C)n(Cc2ccc(Cl)c(Cl)c2)c(=O)c1C(=O)O. The van der Waals surface area contributed by atoms with E-state index in [1.807, 2.05) is 0 Å². The number of carboxylic acids is 1. The third-order valence-corrected chi connectivity index (χ3v) is 3.98. The van der Waals surface area contributed by atoms with E-state index in [1.165, 1.54) is 4.57 Å². The summed E-state index contributed by atoms with van der Waals surface area (Å²) < 4.78 is 1.41. The van der Waals surface area contributed by atoms with Crippen LogP contribution in [-0.2, 0) is 6.54 Å². The van der Waals surface area contributed by atoms with Crippen molar-refractivity contribution in [3.8, 4) is 0 Å². The van der Waals surface area contributed by atoms with Gasteiger partial charge >= 0.3 is 5.97 Å². The van der Waals surface area contributed by atoms with Crippen molar-refractivity contribution >= 4 is 29.2 Å². The van der Waals surface area contributed by atoms with Crippen LogP contribution in [0.1, 0.15) is 27.2 Å². The van der Waals surface area contributed by atoms with Crippen molar-refractivity contribution < 1.29 is 9.90 Å². The maximum absolute atomic E-state index is 12.3. The van der Waals surface area contributed by atoms with Gasteiger partial charge in [-0.2, -0.15) is 0 Å². The lowest BCUT2D eigenvalue weighted by Crippen LogP contribution is -2.29. The number of aromatic nitrogens is 1. The molecule has 1 aromatic heterocycles. The summed E-state index contributed by atoms with van der Waals surface area (Å²) in [7, 11) is 0. The Balaban J connectivity index is 2.54. The van der Waals surface area contributed by atoms with Crippen LogP contribution in [0.3, 0.4) is 0 Å². The first-order valence-electron chi connectivity index (χ1n) is 6.19. The predicted molar refractivity (Wildman–Crippen MR) is 82.7 cm³/mol. The number of halogens is 2. The second-order valence-corrected chi connectivity index (χ2v) is 5.60. The molecule has 0 aliphatic heterocycles. The number of benzene rings is 1. The standard InChI is InChI=1S/C15H13Cl2NO3/c1-8-5-9(2)18(14(19)13(8)15(20)21)7-10-3-4-11(16)12(17)6-10/h3-6H,7H2,1-2H3,(H,20,21). The van der Waals surface area contributed by atoms with Gasteiger partial charge in [0.2, 0.25) is 0 Å². The zero-order valence-electron chi connectivity index (χ0n) is 11.5. The zero-order chi connectivity index (χ0) is 15.7. The minimum absolute atomic E-state index is 0.208. The van der Waals surface area contributed by atoms with E-state index in [9.17, 15) is 9.59 Å². The molecule has 0 saturated carbocycles. The van der Waals surface area contributed by atoms with Gasteiger partial charge < -0.3 is 9.67 Å². The van der Waals surface area contributed by atoms with Gasteiger partial charge in [0.15, 0.2) is 0 Å². The van der Waals surface area contributed by atoms with E-state index in [0.717, 1.165) is 5.56 Å². The maximum Gasteiger partial charge on any atom is 0.341 e. The molecule has 4 nitrogen and oxygen atoms in total. The summed E-state index contributed by atoms with van der Waals surface area (Å²) in [6.07, 6.45) is 0. The lowest BCUT2D eigenvalue weighted by molar-refractivity contribution is 0.0693. The molecule has 0 amide bonds. The minimum atomic E-state index is -1.22. The molecule has 2 aromatic rings. The van der Waals surface area contributed by atoms with E-state index in [-0.39, 0.29) is 12.1 Å². The van der Waals surface area contributed by atoms with E-state index in [1.54, 1.807) is 38.1 Å². The highest BCUT2D eigenvalue weighted by molar-refractivity contribution is 6.42. The summed E-state index contributed by atoms with van der Waals surface area (Å²) in [6, 6.07) is 6.74. The zero-order valence-corrected chi connectivity index (χ0v) is 13.0. The molecular weight excluding hydrogens is 313 g/mol. The van der Waals surface area contributed by atoms with Gasteiger partial charge in [-0.25, -0.2) is 4.79 Å². The minimum Gasteiger partial charge on any atom is -0.477 e. The van der Waals surface area contributed by atoms with Crippen LogP contribution in [0.5, 0.6) is 0 Å². The van der Waals surface area contributed by atoms with E-state index < -0.39 is 11.5 Å². The number of carboxylic acid groups (broad SMARTS) is 1. The first-order chi connectivity index (χ1) is 9.81. The Bertz CT molecular complexity index is 781. The number of aryl methyl sites for hydroxylation is 2. The Morgan fingerprint density at radius 3 is 2.43 bits per heavy atom. The normalized spacial score (nSPS) is 10.7. The molecule has 0 atom stereocenters. The van der Waals surface area contributed by atoms with Crippen molar-refractivity contribution in [3.63, 3.8) is 0 Å². The summed E-state index contributed by atoms with van der Waals surface area (Å²) >= 11 is 11.8. The molecule has 110 valence electrons. The van der Waals surface area contributed by atoms with Gasteiger partial charge in [0, 0.05) is 5.69 Å². The smallest absolute Gasteiger partial charge is 0.341 e. The highest BCUT2D eigenvalue weighted by Gasteiger charge is 2.16. The van der Waals surface area contributed by atoms with E-state index >= 15 is 0 Å². The number of rotatable bonds is 3. The monoisotopic (exact) mass is 325 g/mol. The largest absolute Gasteiger partial charge is 0.477 e. The van der Waals surface area contributed by atoms with Crippen molar-refractivity contribution in [2.75, 3.05) is 0 Å². The van der Waals surface area contributed by atoms with E-state index in [0.29, 0.717) is 21.3 Å². The third kappa shape index (κ3) is 3.12. The fourth-order valence-electron chi connectivity index (χ4n) is 2.20. The van der Waals surface area contributed by atoms with Crippen LogP contribution in [0.4, 0.5) is 0 Å². The molecule has 0 aliphatic rings. The molecule has 0 radical (unpaired) electrons. The van der Waals surface area contributed by atoms with Gasteiger partial charge in [0.25, 0.3) is 5.56 Å². The van der Waals surface area contributed by atoms with Crippen LogP contribution in [-0.4, -0.2) is 15.6 Å². The first kappa shape index (κ1) is 15.6. The molecule has 0 saturated heterocycles. The molecule has 1 aromatic carbocycles. The second kappa shape index (κ2) is 5.92. The van der Waals surface area contributed by atoms with Crippen molar-refractivity contribution in [1.29, 1.82) is 0 Å². The number of hydrogen-bond donors (Lipinski definition) is 1. The van der Waals surface area contributed by atoms with E-state index in [4.69, 9.17) is 28.3 Å². The lowest BCUT2D eigenvalue weighted by Gasteiger charge is -2.13. The maximum atomic E-state index is 12.3. The summed E-state index contributed by atoms with van der Waals surface area (Å²) in [4.78, 5) is 23.5. The number of pyridine rings is 1. The summed E-state index contributed by atoms with van der Waals surface area (Å²) in [5, 5.41) is 9.98. The summed E-state index contributed by atoms with van der Waals surface area (Å²) in [6.45, 7) is 3.61. The molecule has 0 bridgehead atoms. The third-order valence-electron chi connectivity index (χ3n) is 3.24. The summed E-state index contributed by atoms with van der Waals surface area (Å²) in [5.74, 6) is -1.22. The van der Waals surface area contributed by atoms with Gasteiger partial charge in [-0.1, -0.05) is 29.3 Å². The van der Waals surface area contributed by atoms with Crippen molar-refractivity contribution in [2.45, 2.75) is 20.4 Å². The molecule has 0 unspecified atom stereocenters. The molecular formula is C15H13Cl2NO3. The number of aromatic carboxylic acids is 1. The lowest BCUT2D eigenvalue weighted by atomic mass is 10.1. The Hall–Kier alpha value is -1.78. The van der Waals surface area contributed by atoms with Gasteiger partial charge in [0.1, 0.15) is 5.56 Å². The average Bonchev–Trinajstić information content (AvgIpc) is 2.38. The quantitative estimate of drug-likeness (QED) is 0.939. The Kier molecular flexibility index (Phi) is 4.40. The highest BCUT2D eigenvalue weighted by atomic mass is 35.5. The van der Waals surface area contributed by atoms with Crippen LogP contribution in [0.2, 0.25) is 10.0 Å². The Labute approximate surface area is 131 Å². The molecule has 0 fully saturated rings. The fraction of sp³-hybridized carbons (Fsp3) is 0.200. The predicted octanol–water partition coefficient (Wildman–Crippen LogP) is 3.52. The molecule has 0 aliphatic carbocycles. The van der Waals surface area contributed by atoms with Crippen LogP contribution in [0.25, 0.3) is 0 Å². The van der Waals surface area contributed by atoms with Crippen LogP contribution in [0.15, 0.2) is 29.1 Å². The molecule has 21 heavy (non-hydrogen) atoms. The second-order valence-electron chi connectivity index (χ2n) is 4.79. The fourth-order valence-corrected chi connectivity index (χ4v) is 2.53. The van der Waals surface area contributed by atoms with E-state index in [2.05, 4.69) is 0 Å². The highest BCUT2D eigenvalue weighted by Crippen LogP contribution is 2.23. The van der Waals surface area contributed by atoms with Gasteiger partial charge in [0.05, 0.1) is 16.6 Å². The molecule has 6 heteroatoms. The molecule has 0 spiro atoms. The van der Waals surface area contributed by atoms with Gasteiger partial charge in [-0.15, -0.1) is 0 Å². The topological polar surface area (TPSA) is 59.3 Å². The Morgan fingerprint density at radius 2 is 1.86 bits per heavy atom. The number of carbonyl (C=O) groups is 1. The van der Waals surface area contributed by atoms with Gasteiger partial charge in [-0.3, -0.25) is 4.79 Å². The number of nitrogens with zero attached hydrogens (tertiary/aromatic N) is 1. The van der Waals surface area contributed by atoms with Gasteiger partial charge in [-0.05, 0) is 43.2 Å². The summed E-state index contributed by atoms with van der Waals surface area (Å²) in [5.41, 5.74) is 1.19. The van der Waals surface area contributed by atoms with Crippen LogP contribution in [0, 0.1) is 13.8 Å².